The molecule has 0 unspecified atom stereocenters. The molecule has 42 heavy (non-hydrogen) atoms. The molecule has 3 heterocycles. The molecule has 5 rings (SSSR count). The van der Waals surface area contributed by atoms with E-state index in [9.17, 15) is 32.7 Å². The largest absolute Gasteiger partial charge is 0.489 e. The Balaban J connectivity index is 1.62. The fourth-order valence-electron chi connectivity index (χ4n) is 6.12. The summed E-state index contributed by atoms with van der Waals surface area (Å²) in [6, 6.07) is 8.09. The van der Waals surface area contributed by atoms with Crippen molar-refractivity contribution in [1.29, 1.82) is 0 Å². The van der Waals surface area contributed by atoms with Gasteiger partial charge >= 0.3 is 12.1 Å². The number of alkyl halides is 3. The molecule has 0 bridgehead atoms. The quantitative estimate of drug-likeness (QED) is 0.517. The average molecular weight is 589 g/mol. The highest BCUT2D eigenvalue weighted by Crippen LogP contribution is 2.50. The molecule has 2 amide bonds. The maximum Gasteiger partial charge on any atom is 0.416 e. The number of aliphatic carboxylic acids is 1. The molecule has 0 saturated carbocycles. The Kier molecular flexibility index (Phi) is 7.76. The maximum absolute atomic E-state index is 14.4. The summed E-state index contributed by atoms with van der Waals surface area (Å²) in [5, 5.41) is 9.32. The molecule has 3 atom stereocenters. The molecule has 3 aliphatic heterocycles. The van der Waals surface area contributed by atoms with E-state index < -0.39 is 65.5 Å². The predicted molar refractivity (Wildman–Crippen MR) is 147 cm³/mol. The Hall–Kier alpha value is -3.60. The molecule has 2 aromatic carbocycles. The molecule has 0 radical (unpaired) electrons. The number of piperidine rings is 1. The minimum absolute atomic E-state index is 0.162. The summed E-state index contributed by atoms with van der Waals surface area (Å²) in [6.45, 7) is 8.22. The first kappa shape index (κ1) is 29.9. The van der Waals surface area contributed by atoms with Crippen LogP contribution in [0.4, 0.5) is 18.9 Å². The summed E-state index contributed by atoms with van der Waals surface area (Å²) in [5.74, 6) is -2.03. The number of hydrogen-bond acceptors (Lipinski definition) is 5. The zero-order valence-electron chi connectivity index (χ0n) is 24.0. The van der Waals surface area contributed by atoms with Gasteiger partial charge in [-0.15, -0.1) is 0 Å². The van der Waals surface area contributed by atoms with Gasteiger partial charge < -0.3 is 19.5 Å². The number of carbonyl (C=O) groups is 3. The summed E-state index contributed by atoms with van der Waals surface area (Å²) in [4.78, 5) is 42.3. The lowest BCUT2D eigenvalue weighted by molar-refractivity contribution is -0.148. The van der Waals surface area contributed by atoms with Gasteiger partial charge in [0, 0.05) is 18.7 Å². The van der Waals surface area contributed by atoms with Crippen molar-refractivity contribution in [3.63, 3.8) is 0 Å². The molecule has 11 heteroatoms. The Labute approximate surface area is 242 Å². The lowest BCUT2D eigenvalue weighted by atomic mass is 9.83. The van der Waals surface area contributed by atoms with Crippen molar-refractivity contribution in [2.24, 2.45) is 11.3 Å². The van der Waals surface area contributed by atoms with E-state index in [4.69, 9.17) is 9.47 Å². The third kappa shape index (κ3) is 5.58. The molecule has 0 spiro atoms. The van der Waals surface area contributed by atoms with Crippen molar-refractivity contribution in [3.05, 3.63) is 58.7 Å². The number of ether oxygens (including phenoxy) is 2. The molecule has 0 aliphatic carbocycles. The molecular formula is C31H35F3N2O6. The van der Waals surface area contributed by atoms with Crippen LogP contribution < -0.4 is 9.64 Å². The highest BCUT2D eigenvalue weighted by molar-refractivity contribution is 6.02. The van der Waals surface area contributed by atoms with Gasteiger partial charge in [0.25, 0.3) is 5.91 Å². The van der Waals surface area contributed by atoms with Gasteiger partial charge in [-0.2, -0.15) is 13.2 Å². The van der Waals surface area contributed by atoms with E-state index in [-0.39, 0.29) is 38.1 Å². The molecule has 1 fully saturated rings. The van der Waals surface area contributed by atoms with Crippen LogP contribution in [0.3, 0.4) is 0 Å². The van der Waals surface area contributed by atoms with Crippen LogP contribution in [0.25, 0.3) is 0 Å². The van der Waals surface area contributed by atoms with E-state index >= 15 is 0 Å². The van der Waals surface area contributed by atoms with Crippen LogP contribution in [0.1, 0.15) is 68.4 Å². The number of rotatable bonds is 4. The third-order valence-corrected chi connectivity index (χ3v) is 8.40. The molecule has 1 saturated heterocycles. The Morgan fingerprint density at radius 1 is 1.05 bits per heavy atom. The fourth-order valence-corrected chi connectivity index (χ4v) is 6.12. The average Bonchev–Trinajstić information content (AvgIpc) is 3.03. The second kappa shape index (κ2) is 10.9. The van der Waals surface area contributed by atoms with Gasteiger partial charge in [0.1, 0.15) is 24.6 Å². The highest BCUT2D eigenvalue weighted by atomic mass is 19.4. The number of hydrogen-bond donors (Lipinski definition) is 1. The summed E-state index contributed by atoms with van der Waals surface area (Å²) < 4.78 is 55.3. The minimum Gasteiger partial charge on any atom is -0.489 e. The van der Waals surface area contributed by atoms with Gasteiger partial charge in [-0.25, -0.2) is 0 Å². The fraction of sp³-hybridized carbons (Fsp3) is 0.516. The smallest absolute Gasteiger partial charge is 0.416 e. The highest BCUT2D eigenvalue weighted by Gasteiger charge is 2.49. The number of carbonyl (C=O) groups excluding carboxylic acids is 2. The van der Waals surface area contributed by atoms with Gasteiger partial charge in [0.05, 0.1) is 29.6 Å². The van der Waals surface area contributed by atoms with E-state index in [1.54, 1.807) is 24.0 Å². The zero-order valence-corrected chi connectivity index (χ0v) is 24.0. The van der Waals surface area contributed by atoms with E-state index in [0.29, 0.717) is 17.0 Å². The summed E-state index contributed by atoms with van der Waals surface area (Å²) >= 11 is 0. The molecule has 2 aromatic rings. The number of halogens is 3. The topological polar surface area (TPSA) is 96.4 Å². The van der Waals surface area contributed by atoms with Crippen LogP contribution in [0.15, 0.2) is 36.4 Å². The van der Waals surface area contributed by atoms with Crippen molar-refractivity contribution >= 4 is 23.5 Å². The summed E-state index contributed by atoms with van der Waals surface area (Å²) in [5.41, 5.74) is -0.0930. The van der Waals surface area contributed by atoms with Crippen LogP contribution >= 0.6 is 0 Å². The molecule has 0 aromatic heterocycles. The van der Waals surface area contributed by atoms with E-state index in [1.165, 1.54) is 23.1 Å². The van der Waals surface area contributed by atoms with Gasteiger partial charge in [-0.1, -0.05) is 45.0 Å². The number of nitrogens with zero attached hydrogens (tertiary/aromatic N) is 2. The van der Waals surface area contributed by atoms with Crippen LogP contribution in [-0.2, 0) is 25.3 Å². The van der Waals surface area contributed by atoms with Crippen LogP contribution in [-0.4, -0.2) is 59.6 Å². The molecular weight excluding hydrogens is 553 g/mol. The number of amides is 2. The van der Waals surface area contributed by atoms with Gasteiger partial charge in [0.2, 0.25) is 5.91 Å². The minimum atomic E-state index is -4.69. The predicted octanol–water partition coefficient (Wildman–Crippen LogP) is 5.36. The second-order valence-corrected chi connectivity index (χ2v) is 12.4. The van der Waals surface area contributed by atoms with Gasteiger partial charge in [0.15, 0.2) is 0 Å². The van der Waals surface area contributed by atoms with E-state index in [0.717, 1.165) is 11.6 Å². The Morgan fingerprint density at radius 3 is 2.33 bits per heavy atom. The SMILES string of the molecule is Cc1cc2c3c(c1)[C@@H](c1ccccc1C(F)(F)F)O[C@H](CC(=O)N1CCC(C(=O)O)CC1)C(=O)N3[C@H](C(C)(C)C)CO2. The lowest BCUT2D eigenvalue weighted by Gasteiger charge is -2.44. The van der Waals surface area contributed by atoms with Crippen molar-refractivity contribution in [1.82, 2.24) is 4.90 Å². The number of likely N-dealkylation sites (tertiary alicyclic amines) is 1. The lowest BCUT2D eigenvalue weighted by Crippen LogP contribution is -2.56. The monoisotopic (exact) mass is 588 g/mol. The second-order valence-electron chi connectivity index (χ2n) is 12.4. The first-order valence-electron chi connectivity index (χ1n) is 14.1. The normalized spacial score (nSPS) is 23.2. The molecule has 1 N–H and O–H groups in total. The van der Waals surface area contributed by atoms with Crippen molar-refractivity contribution < 1.29 is 42.1 Å². The van der Waals surface area contributed by atoms with Crippen molar-refractivity contribution in [2.75, 3.05) is 24.6 Å². The zero-order chi connectivity index (χ0) is 30.6. The van der Waals surface area contributed by atoms with E-state index in [2.05, 4.69) is 0 Å². The van der Waals surface area contributed by atoms with Crippen molar-refractivity contribution in [3.8, 4) is 5.75 Å². The number of carboxylic acids is 1. The van der Waals surface area contributed by atoms with Gasteiger partial charge in [-0.05, 0) is 48.4 Å². The maximum atomic E-state index is 14.4. The molecule has 8 nitrogen and oxygen atoms in total. The molecule has 226 valence electrons. The van der Waals surface area contributed by atoms with Crippen molar-refractivity contribution in [2.45, 2.75) is 71.4 Å². The standard InChI is InChI=1S/C31H35F3N2O6/c1-17-13-20-26-22(14-17)41-16-24(30(2,3)4)36(26)28(38)23(15-25(37)35-11-9-18(10-12-35)29(39)40)42-27(20)19-7-5-6-8-21(19)31(32,33)34/h5-8,13-14,18,23-24,27H,9-12,15-16H2,1-4H3,(H,39,40)/t23-,24+,27-/m1/s1. The first-order chi connectivity index (χ1) is 19.7. The Morgan fingerprint density at radius 2 is 1.71 bits per heavy atom. The summed E-state index contributed by atoms with van der Waals surface area (Å²) in [6.07, 6.45) is -7.22. The number of aryl methyl sites for hydroxylation is 1. The third-order valence-electron chi connectivity index (χ3n) is 8.40. The Bertz CT molecular complexity index is 1390. The van der Waals surface area contributed by atoms with Gasteiger partial charge in [-0.3, -0.25) is 19.3 Å². The summed E-state index contributed by atoms with van der Waals surface area (Å²) in [7, 11) is 0. The molecule has 3 aliphatic rings. The van der Waals surface area contributed by atoms with Crippen LogP contribution in [0.5, 0.6) is 5.75 Å². The number of anilines is 1. The van der Waals surface area contributed by atoms with Crippen LogP contribution in [0, 0.1) is 18.3 Å². The van der Waals surface area contributed by atoms with E-state index in [1.807, 2.05) is 20.8 Å². The number of benzene rings is 2. The first-order valence-corrected chi connectivity index (χ1v) is 14.1. The van der Waals surface area contributed by atoms with Crippen LogP contribution in [0.2, 0.25) is 0 Å². The number of carboxylic acid groups (broad SMARTS) is 1.